The van der Waals surface area contributed by atoms with E-state index in [4.69, 9.17) is 9.47 Å². The van der Waals surface area contributed by atoms with Crippen LogP contribution in [0.1, 0.15) is 11.1 Å². The first kappa shape index (κ1) is 15.1. The normalized spacial score (nSPS) is 25.5. The van der Waals surface area contributed by atoms with E-state index in [2.05, 4.69) is 92.5 Å². The molecule has 0 aromatic heterocycles. The average Bonchev–Trinajstić information content (AvgIpc) is 3.02. The molecule has 4 aromatic carbocycles. The molecule has 0 N–H and O–H groups in total. The van der Waals surface area contributed by atoms with Gasteiger partial charge in [-0.1, -0.05) is 76.6 Å². The summed E-state index contributed by atoms with van der Waals surface area (Å²) >= 11 is 7.84. The Morgan fingerprint density at radius 3 is 1.54 bits per heavy atom. The van der Waals surface area contributed by atoms with E-state index >= 15 is 0 Å². The smallest absolute Gasteiger partial charge is 0.333 e. The van der Waals surface area contributed by atoms with Crippen LogP contribution in [0.25, 0.3) is 21.5 Å². The van der Waals surface area contributed by atoms with E-state index in [0.717, 1.165) is 33.4 Å². The minimum atomic E-state index is -1.01. The molecule has 0 atom stereocenters. The average molecular weight is 468 g/mol. The van der Waals surface area contributed by atoms with Gasteiger partial charge >= 0.3 is 4.70 Å². The third-order valence-electron chi connectivity index (χ3n) is 5.36. The lowest BCUT2D eigenvalue weighted by Gasteiger charge is -2.28. The number of halogens is 2. The fourth-order valence-electron chi connectivity index (χ4n) is 4.25. The Balaban J connectivity index is 1.80. The number of alkyl halides is 2. The molecular formula is C22H12Br2O2. The summed E-state index contributed by atoms with van der Waals surface area (Å²) < 4.78 is 11.0. The highest BCUT2D eigenvalue weighted by atomic mass is 79.9. The van der Waals surface area contributed by atoms with Crippen LogP contribution in [0.3, 0.4) is 0 Å². The van der Waals surface area contributed by atoms with Gasteiger partial charge in [0.1, 0.15) is 11.5 Å². The van der Waals surface area contributed by atoms with Crippen molar-refractivity contribution in [3.8, 4) is 11.5 Å². The van der Waals surface area contributed by atoms with Crippen LogP contribution in [-0.4, -0.2) is 4.70 Å². The molecule has 0 amide bonds. The second-order valence-corrected chi connectivity index (χ2v) is 8.95. The Kier molecular flexibility index (Phi) is 2.79. The van der Waals surface area contributed by atoms with Gasteiger partial charge in [0.25, 0.3) is 0 Å². The Labute approximate surface area is 167 Å². The molecule has 0 bridgehead atoms. The SMILES string of the molecule is BrC12Oc3ccc4ccccc4c3C1(Br)c1c(ccc3ccccc13)O2. The number of rotatable bonds is 0. The Hall–Kier alpha value is -2.04. The van der Waals surface area contributed by atoms with E-state index in [1.807, 2.05) is 12.1 Å². The van der Waals surface area contributed by atoms with Crippen LogP contribution in [0.5, 0.6) is 11.5 Å². The molecular weight excluding hydrogens is 456 g/mol. The van der Waals surface area contributed by atoms with Crippen molar-refractivity contribution in [2.75, 3.05) is 0 Å². The van der Waals surface area contributed by atoms with Crippen molar-refractivity contribution in [2.45, 2.75) is 9.02 Å². The van der Waals surface area contributed by atoms with Crippen molar-refractivity contribution in [1.29, 1.82) is 0 Å². The first-order valence-corrected chi connectivity index (χ1v) is 10.0. The van der Waals surface area contributed by atoms with Crippen molar-refractivity contribution >= 4 is 53.4 Å². The molecule has 2 aliphatic heterocycles. The molecule has 0 aliphatic carbocycles. The highest BCUT2D eigenvalue weighted by Crippen LogP contribution is 2.68. The monoisotopic (exact) mass is 466 g/mol. The second-order valence-electron chi connectivity index (χ2n) is 6.72. The number of benzene rings is 4. The summed E-state index contributed by atoms with van der Waals surface area (Å²) in [5, 5.41) is 4.68. The summed E-state index contributed by atoms with van der Waals surface area (Å²) in [6, 6.07) is 25.0. The first-order chi connectivity index (χ1) is 12.6. The van der Waals surface area contributed by atoms with Gasteiger partial charge < -0.3 is 9.47 Å². The summed E-state index contributed by atoms with van der Waals surface area (Å²) in [5.41, 5.74) is 2.20. The van der Waals surface area contributed by atoms with E-state index in [-0.39, 0.29) is 0 Å². The third kappa shape index (κ3) is 1.63. The molecule has 0 spiro atoms. The number of fused-ring (bicyclic) bond motifs is 9. The van der Waals surface area contributed by atoms with Crippen molar-refractivity contribution in [2.24, 2.45) is 0 Å². The van der Waals surface area contributed by atoms with Gasteiger partial charge in [0, 0.05) is 27.1 Å². The van der Waals surface area contributed by atoms with Gasteiger partial charge in [-0.3, -0.25) is 0 Å². The van der Waals surface area contributed by atoms with Gasteiger partial charge in [0.2, 0.25) is 0 Å². The zero-order chi connectivity index (χ0) is 17.5. The van der Waals surface area contributed by atoms with Crippen LogP contribution in [0.4, 0.5) is 0 Å². The minimum absolute atomic E-state index is 0.646. The fraction of sp³-hybridized carbons (Fsp3) is 0.0909. The van der Waals surface area contributed by atoms with Crippen LogP contribution in [0.2, 0.25) is 0 Å². The maximum Gasteiger partial charge on any atom is 0.333 e. The second kappa shape index (κ2) is 4.81. The van der Waals surface area contributed by atoms with Gasteiger partial charge in [-0.2, -0.15) is 0 Å². The van der Waals surface area contributed by atoms with Crippen LogP contribution < -0.4 is 9.47 Å². The molecule has 2 aliphatic rings. The van der Waals surface area contributed by atoms with E-state index in [1.165, 1.54) is 10.8 Å². The van der Waals surface area contributed by atoms with Gasteiger partial charge in [0.15, 0.2) is 4.32 Å². The van der Waals surface area contributed by atoms with E-state index in [9.17, 15) is 0 Å². The molecule has 126 valence electrons. The summed E-state index contributed by atoms with van der Waals surface area (Å²) in [6.45, 7) is 0. The zero-order valence-electron chi connectivity index (χ0n) is 13.5. The summed E-state index contributed by atoms with van der Waals surface area (Å²) in [7, 11) is 0. The highest BCUT2D eigenvalue weighted by molar-refractivity contribution is 9.12. The van der Waals surface area contributed by atoms with Crippen molar-refractivity contribution in [3.63, 3.8) is 0 Å². The fourth-order valence-corrected chi connectivity index (χ4v) is 5.98. The maximum absolute atomic E-state index is 6.31. The van der Waals surface area contributed by atoms with Gasteiger partial charge in [-0.15, -0.1) is 0 Å². The zero-order valence-corrected chi connectivity index (χ0v) is 16.7. The van der Waals surface area contributed by atoms with E-state index < -0.39 is 9.02 Å². The standard InChI is InChI=1S/C22H12Br2O2/c23-21-19-15-7-3-1-5-13(15)9-11-17(19)25-22(21,24)26-18-12-10-14-6-2-4-8-16(14)20(18)21/h1-12H. The molecule has 6 rings (SSSR count). The highest BCUT2D eigenvalue weighted by Gasteiger charge is 2.67. The Morgan fingerprint density at radius 2 is 1.04 bits per heavy atom. The minimum Gasteiger partial charge on any atom is -0.441 e. The topological polar surface area (TPSA) is 18.5 Å². The maximum atomic E-state index is 6.31. The van der Waals surface area contributed by atoms with E-state index in [0.29, 0.717) is 0 Å². The summed E-state index contributed by atoms with van der Waals surface area (Å²) in [6.07, 6.45) is 0. The molecule has 4 heteroatoms. The van der Waals surface area contributed by atoms with Crippen LogP contribution >= 0.6 is 31.9 Å². The Morgan fingerprint density at radius 1 is 0.577 bits per heavy atom. The molecule has 0 saturated carbocycles. The lowest BCUT2D eigenvalue weighted by Crippen LogP contribution is -2.42. The molecule has 4 aromatic rings. The molecule has 26 heavy (non-hydrogen) atoms. The van der Waals surface area contributed by atoms with Gasteiger partial charge in [-0.05, 0) is 33.7 Å². The molecule has 0 radical (unpaired) electrons. The molecule has 0 fully saturated rings. The third-order valence-corrected chi connectivity index (χ3v) is 8.13. The molecule has 0 unspecified atom stereocenters. The predicted molar refractivity (Wildman–Crippen MR) is 111 cm³/mol. The lowest BCUT2D eigenvalue weighted by molar-refractivity contribution is -0.00228. The largest absolute Gasteiger partial charge is 0.441 e. The lowest BCUT2D eigenvalue weighted by atomic mass is 9.86. The van der Waals surface area contributed by atoms with Gasteiger partial charge in [0.05, 0.1) is 0 Å². The van der Waals surface area contributed by atoms with Crippen LogP contribution in [0, 0.1) is 0 Å². The van der Waals surface area contributed by atoms with Crippen LogP contribution in [-0.2, 0) is 4.32 Å². The summed E-state index contributed by atoms with van der Waals surface area (Å²) in [5.74, 6) is 1.66. The van der Waals surface area contributed by atoms with Crippen molar-refractivity contribution in [3.05, 3.63) is 83.9 Å². The van der Waals surface area contributed by atoms with Crippen molar-refractivity contribution < 1.29 is 9.47 Å². The van der Waals surface area contributed by atoms with Crippen molar-refractivity contribution in [1.82, 2.24) is 0 Å². The van der Waals surface area contributed by atoms with Gasteiger partial charge in [-0.25, -0.2) is 0 Å². The predicted octanol–water partition coefficient (Wildman–Crippen LogP) is 6.47. The number of ether oxygens (including phenoxy) is 2. The Bertz CT molecular complexity index is 1140. The molecule has 0 saturated heterocycles. The quantitative estimate of drug-likeness (QED) is 0.276. The molecule has 2 nitrogen and oxygen atoms in total. The number of hydrogen-bond donors (Lipinski definition) is 0. The van der Waals surface area contributed by atoms with E-state index in [1.54, 1.807) is 0 Å². The molecule has 2 heterocycles. The summed E-state index contributed by atoms with van der Waals surface area (Å²) in [4.78, 5) is 0. The van der Waals surface area contributed by atoms with Crippen LogP contribution in [0.15, 0.2) is 72.8 Å². The number of hydrogen-bond acceptors (Lipinski definition) is 2. The first-order valence-electron chi connectivity index (χ1n) is 8.42.